The summed E-state index contributed by atoms with van der Waals surface area (Å²) in [7, 11) is 0. The summed E-state index contributed by atoms with van der Waals surface area (Å²) in [5, 5.41) is 4.14. The van der Waals surface area contributed by atoms with Crippen LogP contribution < -0.4 is 5.32 Å². The standard InChI is InChI=1S/C19H20ClN3O2S2/c20-16-11-22-19(26-16)23-18(24)15(9-12-3-1-2-4-12)13-5-8-17(21-10-13)27(25)14-6-7-14/h5,8-12,14H,1-4,6-7H2,(H,22,23,24)/b15-9+. The Morgan fingerprint density at radius 1 is 1.22 bits per heavy atom. The van der Waals surface area contributed by atoms with Gasteiger partial charge in [-0.05, 0) is 24.8 Å². The van der Waals surface area contributed by atoms with E-state index in [9.17, 15) is 9.35 Å². The van der Waals surface area contributed by atoms with Crippen molar-refractivity contribution < 1.29 is 9.35 Å². The zero-order valence-electron chi connectivity index (χ0n) is 14.7. The van der Waals surface area contributed by atoms with E-state index in [0.717, 1.165) is 31.2 Å². The number of thiazole rings is 1. The number of hydrogen-bond acceptors (Lipinski definition) is 5. The lowest BCUT2D eigenvalue weighted by Gasteiger charge is -2.12. The van der Waals surface area contributed by atoms with Gasteiger partial charge in [0.05, 0.1) is 6.20 Å². The van der Waals surface area contributed by atoms with Gasteiger partial charge in [-0.15, -0.1) is 0 Å². The molecule has 0 aromatic carbocycles. The van der Waals surface area contributed by atoms with Crippen LogP contribution in [0.4, 0.5) is 5.13 Å². The first kappa shape index (κ1) is 18.9. The van der Waals surface area contributed by atoms with Crippen LogP contribution in [-0.4, -0.2) is 25.7 Å². The number of allylic oxidation sites excluding steroid dienone is 1. The molecule has 1 N–H and O–H groups in total. The number of pyridine rings is 1. The maximum absolute atomic E-state index is 12.9. The summed E-state index contributed by atoms with van der Waals surface area (Å²) in [5.41, 5.74) is 1.32. The van der Waals surface area contributed by atoms with E-state index in [1.807, 2.05) is 12.1 Å². The van der Waals surface area contributed by atoms with Crippen molar-refractivity contribution in [3.63, 3.8) is 0 Å². The van der Waals surface area contributed by atoms with E-state index in [-0.39, 0.29) is 11.2 Å². The Balaban J connectivity index is 1.57. The number of hydrogen-bond donors (Lipinski definition) is 1. The Bertz CT molecular complexity index is 843. The molecule has 2 aliphatic rings. The van der Waals surface area contributed by atoms with Gasteiger partial charge in [-0.1, -0.05) is 41.9 Å². The van der Waals surface area contributed by atoms with Crippen molar-refractivity contribution in [1.82, 2.24) is 9.97 Å². The number of nitrogens with zero attached hydrogens (tertiary/aromatic N) is 2. The lowest BCUT2D eigenvalue weighted by molar-refractivity contribution is -0.111. The summed E-state index contributed by atoms with van der Waals surface area (Å²) in [6.45, 7) is 0. The molecule has 0 bridgehead atoms. The molecular formula is C19H20ClN3O2S2. The van der Waals surface area contributed by atoms with E-state index in [1.165, 1.54) is 30.4 Å². The molecule has 2 aromatic rings. The predicted molar refractivity (Wildman–Crippen MR) is 109 cm³/mol. The molecule has 2 saturated carbocycles. The number of nitrogens with one attached hydrogen (secondary N) is 1. The second kappa shape index (κ2) is 8.31. The molecule has 2 aromatic heterocycles. The summed E-state index contributed by atoms with van der Waals surface area (Å²) >= 11 is 6.09. The van der Waals surface area contributed by atoms with Gasteiger partial charge in [0.15, 0.2) is 5.13 Å². The number of halogens is 1. The molecule has 2 fully saturated rings. The van der Waals surface area contributed by atoms with E-state index < -0.39 is 11.2 Å². The maximum Gasteiger partial charge on any atom is 0.257 e. The van der Waals surface area contributed by atoms with Crippen LogP contribution in [-0.2, 0) is 16.0 Å². The molecule has 5 nitrogen and oxygen atoms in total. The number of aromatic nitrogens is 2. The number of anilines is 1. The Kier molecular flexibility index (Phi) is 5.82. The van der Waals surface area contributed by atoms with Gasteiger partial charge >= 0.3 is 0 Å². The van der Waals surface area contributed by atoms with Crippen LogP contribution in [0.5, 0.6) is 0 Å². The molecule has 1 unspecified atom stereocenters. The van der Waals surface area contributed by atoms with Gasteiger partial charge in [0, 0.05) is 47.4 Å². The normalized spacial score (nSPS) is 19.3. The third kappa shape index (κ3) is 4.71. The van der Waals surface area contributed by atoms with Crippen LogP contribution in [0.1, 0.15) is 44.1 Å². The topological polar surface area (TPSA) is 77.9 Å². The first-order chi connectivity index (χ1) is 13.1. The number of carbonyl (C=O) groups excluding carboxylic acids is 1. The van der Waals surface area contributed by atoms with E-state index in [4.69, 9.17) is 11.6 Å². The molecule has 2 aliphatic carbocycles. The van der Waals surface area contributed by atoms with Gasteiger partial charge in [-0.2, -0.15) is 0 Å². The van der Waals surface area contributed by atoms with Crippen molar-refractivity contribution in [2.75, 3.05) is 5.32 Å². The summed E-state index contributed by atoms with van der Waals surface area (Å²) in [5.74, 6) is 0.177. The van der Waals surface area contributed by atoms with Crippen LogP contribution in [0.2, 0.25) is 4.34 Å². The summed E-state index contributed by atoms with van der Waals surface area (Å²) in [6.07, 6.45) is 11.8. The van der Waals surface area contributed by atoms with E-state index >= 15 is 0 Å². The van der Waals surface area contributed by atoms with Gasteiger partial charge in [0.1, 0.15) is 9.59 Å². The van der Waals surface area contributed by atoms with Crippen molar-refractivity contribution in [3.8, 4) is 0 Å². The van der Waals surface area contributed by atoms with Crippen LogP contribution in [0.3, 0.4) is 0 Å². The summed E-state index contributed by atoms with van der Waals surface area (Å²) in [4.78, 5) is 21.4. The SMILES string of the molecule is O=C(Nc1ncc(Cl)s1)/C(=C/C1CCCC1)c1ccc([S+]([O-])C2CC2)nc1. The van der Waals surface area contributed by atoms with Crippen molar-refractivity contribution in [2.45, 2.75) is 48.8 Å². The van der Waals surface area contributed by atoms with Gasteiger partial charge in [0.2, 0.25) is 5.03 Å². The van der Waals surface area contributed by atoms with Crippen LogP contribution >= 0.6 is 22.9 Å². The Labute approximate surface area is 170 Å². The minimum Gasteiger partial charge on any atom is -0.610 e. The quantitative estimate of drug-likeness (QED) is 0.542. The highest BCUT2D eigenvalue weighted by Gasteiger charge is 2.36. The highest BCUT2D eigenvalue weighted by atomic mass is 35.5. The largest absolute Gasteiger partial charge is 0.610 e. The summed E-state index contributed by atoms with van der Waals surface area (Å²) < 4.78 is 12.8. The second-order valence-electron chi connectivity index (χ2n) is 6.93. The third-order valence-corrected chi connectivity index (χ3v) is 7.59. The molecule has 142 valence electrons. The van der Waals surface area contributed by atoms with Crippen molar-refractivity contribution in [2.24, 2.45) is 5.92 Å². The molecular weight excluding hydrogens is 402 g/mol. The molecule has 27 heavy (non-hydrogen) atoms. The highest BCUT2D eigenvalue weighted by Crippen LogP contribution is 2.34. The first-order valence-electron chi connectivity index (χ1n) is 9.11. The molecule has 8 heteroatoms. The monoisotopic (exact) mass is 421 g/mol. The molecule has 0 aliphatic heterocycles. The fourth-order valence-electron chi connectivity index (χ4n) is 3.25. The molecule has 4 rings (SSSR count). The van der Waals surface area contributed by atoms with Gasteiger partial charge in [-0.3, -0.25) is 10.1 Å². The minimum absolute atomic E-state index is 0.217. The number of amides is 1. The van der Waals surface area contributed by atoms with Gasteiger partial charge in [-0.25, -0.2) is 9.97 Å². The van der Waals surface area contributed by atoms with E-state index in [0.29, 0.717) is 26.0 Å². The molecule has 0 saturated heterocycles. The summed E-state index contributed by atoms with van der Waals surface area (Å²) in [6, 6.07) is 3.62. The lowest BCUT2D eigenvalue weighted by atomic mass is 9.99. The second-order valence-corrected chi connectivity index (χ2v) is 10.3. The minimum atomic E-state index is -1.04. The molecule has 1 atom stereocenters. The van der Waals surface area contributed by atoms with Gasteiger partial charge in [0.25, 0.3) is 5.91 Å². The van der Waals surface area contributed by atoms with Crippen LogP contribution in [0.25, 0.3) is 5.57 Å². The average Bonchev–Trinajstić information content (AvgIpc) is 3.24. The zero-order chi connectivity index (χ0) is 18.8. The smallest absolute Gasteiger partial charge is 0.257 e. The first-order valence-corrected chi connectivity index (χ1v) is 11.5. The van der Waals surface area contributed by atoms with Crippen LogP contribution in [0, 0.1) is 5.92 Å². The molecule has 1 amide bonds. The number of rotatable bonds is 6. The van der Waals surface area contributed by atoms with E-state index in [1.54, 1.807) is 12.3 Å². The third-order valence-electron chi connectivity index (χ3n) is 4.83. The lowest BCUT2D eigenvalue weighted by Crippen LogP contribution is -2.15. The fraction of sp³-hybridized carbons (Fsp3) is 0.421. The Morgan fingerprint density at radius 2 is 2.00 bits per heavy atom. The number of carbonyl (C=O) groups is 1. The maximum atomic E-state index is 12.9. The van der Waals surface area contributed by atoms with Crippen molar-refractivity contribution in [1.29, 1.82) is 0 Å². The van der Waals surface area contributed by atoms with Crippen molar-refractivity contribution in [3.05, 3.63) is 40.5 Å². The average molecular weight is 422 g/mol. The van der Waals surface area contributed by atoms with E-state index in [2.05, 4.69) is 15.3 Å². The fourth-order valence-corrected chi connectivity index (χ4v) is 5.32. The molecule has 0 radical (unpaired) electrons. The Hall–Kier alpha value is -1.41. The highest BCUT2D eigenvalue weighted by molar-refractivity contribution is 7.92. The molecule has 2 heterocycles. The van der Waals surface area contributed by atoms with Gasteiger partial charge < -0.3 is 4.55 Å². The van der Waals surface area contributed by atoms with Crippen molar-refractivity contribution >= 4 is 50.7 Å². The zero-order valence-corrected chi connectivity index (χ0v) is 17.1. The predicted octanol–water partition coefficient (Wildman–Crippen LogP) is 4.67. The Morgan fingerprint density at radius 3 is 2.59 bits per heavy atom. The molecule has 0 spiro atoms. The van der Waals surface area contributed by atoms with Crippen LogP contribution in [0.15, 0.2) is 35.6 Å².